The van der Waals surface area contributed by atoms with Crippen molar-refractivity contribution in [3.63, 3.8) is 0 Å². The summed E-state index contributed by atoms with van der Waals surface area (Å²) < 4.78 is 20.1. The molecule has 1 aromatic carbocycles. The fraction of sp³-hybridized carbons (Fsp3) is 0.0526. The summed E-state index contributed by atoms with van der Waals surface area (Å²) >= 11 is 0. The number of aryl methyl sites for hydroxylation is 1. The van der Waals surface area contributed by atoms with Gasteiger partial charge in [-0.15, -0.1) is 0 Å². The van der Waals surface area contributed by atoms with E-state index in [-0.39, 0.29) is 11.6 Å². The number of hydrogen-bond donors (Lipinski definition) is 1. The maximum atomic E-state index is 13.3. The largest absolute Gasteiger partial charge is 0.432 e. The van der Waals surface area contributed by atoms with Crippen molar-refractivity contribution < 1.29 is 13.9 Å². The van der Waals surface area contributed by atoms with Crippen LogP contribution in [0, 0.1) is 12.7 Å². The van der Waals surface area contributed by atoms with E-state index in [0.717, 1.165) is 11.3 Å². The molecule has 8 heteroatoms. The van der Waals surface area contributed by atoms with Gasteiger partial charge in [0.05, 0.1) is 17.9 Å². The molecule has 0 aliphatic heterocycles. The quantitative estimate of drug-likeness (QED) is 0.600. The molecular formula is C19H14FN5O2. The molecule has 1 N–H and O–H groups in total. The molecule has 0 fully saturated rings. The first-order valence-corrected chi connectivity index (χ1v) is 8.09. The van der Waals surface area contributed by atoms with Crippen molar-refractivity contribution in [1.29, 1.82) is 0 Å². The van der Waals surface area contributed by atoms with Crippen LogP contribution in [0.2, 0.25) is 0 Å². The van der Waals surface area contributed by atoms with Gasteiger partial charge in [0.25, 0.3) is 0 Å². The van der Waals surface area contributed by atoms with Crippen LogP contribution >= 0.6 is 0 Å². The molecule has 0 atom stereocenters. The lowest BCUT2D eigenvalue weighted by Gasteiger charge is -2.10. The van der Waals surface area contributed by atoms with Crippen molar-refractivity contribution in [3.8, 4) is 17.1 Å². The number of fused-ring (bicyclic) bond motifs is 1. The Kier molecular flexibility index (Phi) is 4.21. The highest BCUT2D eigenvalue weighted by Gasteiger charge is 2.12. The van der Waals surface area contributed by atoms with Gasteiger partial charge in [-0.3, -0.25) is 9.66 Å². The van der Waals surface area contributed by atoms with Gasteiger partial charge >= 0.3 is 6.09 Å². The third-order valence-corrected chi connectivity index (χ3v) is 3.91. The number of hydrogen-bond acceptors (Lipinski definition) is 5. The lowest BCUT2D eigenvalue weighted by molar-refractivity contribution is 0.211. The predicted molar refractivity (Wildman–Crippen MR) is 97.3 cm³/mol. The second kappa shape index (κ2) is 6.83. The standard InChI is InChI=1S/C19H14FN5O2/c1-12-7-14-8-15(20)4-5-17(14)25(12)24-19(26)27-16-10-22-18(23-11-16)13-3-2-6-21-9-13/h2-11H,1H3,(H,24,26). The van der Waals surface area contributed by atoms with Crippen molar-refractivity contribution in [1.82, 2.24) is 19.6 Å². The first-order chi connectivity index (χ1) is 13.1. The van der Waals surface area contributed by atoms with Crippen LogP contribution in [0.4, 0.5) is 9.18 Å². The fourth-order valence-electron chi connectivity index (χ4n) is 2.71. The minimum Gasteiger partial charge on any atom is -0.406 e. The van der Waals surface area contributed by atoms with Crippen LogP contribution in [0.5, 0.6) is 5.75 Å². The number of halogens is 1. The number of aromatic nitrogens is 4. The maximum Gasteiger partial charge on any atom is 0.432 e. The third-order valence-electron chi connectivity index (χ3n) is 3.91. The van der Waals surface area contributed by atoms with Crippen molar-refractivity contribution >= 4 is 17.0 Å². The van der Waals surface area contributed by atoms with E-state index in [9.17, 15) is 9.18 Å². The van der Waals surface area contributed by atoms with Gasteiger partial charge in [0.1, 0.15) is 5.82 Å². The zero-order valence-electron chi connectivity index (χ0n) is 14.3. The molecular weight excluding hydrogens is 349 g/mol. The van der Waals surface area contributed by atoms with Gasteiger partial charge in [-0.1, -0.05) is 0 Å². The molecule has 3 heterocycles. The first kappa shape index (κ1) is 16.6. The molecule has 1 amide bonds. The molecule has 0 aliphatic carbocycles. The summed E-state index contributed by atoms with van der Waals surface area (Å²) in [6.07, 6.45) is 5.41. The highest BCUT2D eigenvalue weighted by Crippen LogP contribution is 2.20. The highest BCUT2D eigenvalue weighted by atomic mass is 19.1. The SMILES string of the molecule is Cc1cc2cc(F)ccc2n1NC(=O)Oc1cnc(-c2cccnc2)nc1. The van der Waals surface area contributed by atoms with Gasteiger partial charge in [0.2, 0.25) is 0 Å². The van der Waals surface area contributed by atoms with E-state index in [4.69, 9.17) is 4.74 Å². The van der Waals surface area contributed by atoms with Crippen molar-refractivity contribution in [2.24, 2.45) is 0 Å². The minimum atomic E-state index is -0.711. The molecule has 7 nitrogen and oxygen atoms in total. The number of amides is 1. The number of nitrogens with one attached hydrogen (secondary N) is 1. The van der Waals surface area contributed by atoms with Gasteiger partial charge in [-0.05, 0) is 43.3 Å². The molecule has 0 bridgehead atoms. The summed E-state index contributed by atoms with van der Waals surface area (Å²) in [6, 6.07) is 9.70. The smallest absolute Gasteiger partial charge is 0.406 e. The highest BCUT2D eigenvalue weighted by molar-refractivity contribution is 5.86. The van der Waals surface area contributed by atoms with E-state index in [1.165, 1.54) is 29.2 Å². The van der Waals surface area contributed by atoms with Crippen molar-refractivity contribution in [3.05, 3.63) is 72.7 Å². The van der Waals surface area contributed by atoms with Gasteiger partial charge in [-0.2, -0.15) is 0 Å². The molecule has 0 aliphatic rings. The Morgan fingerprint density at radius 2 is 1.96 bits per heavy atom. The number of rotatable bonds is 3. The van der Waals surface area contributed by atoms with Crippen LogP contribution < -0.4 is 10.2 Å². The number of benzene rings is 1. The molecule has 0 spiro atoms. The Bertz CT molecular complexity index is 1110. The lowest BCUT2D eigenvalue weighted by atomic mass is 10.2. The first-order valence-electron chi connectivity index (χ1n) is 8.09. The van der Waals surface area contributed by atoms with Crippen LogP contribution in [0.25, 0.3) is 22.3 Å². The van der Waals surface area contributed by atoms with Gasteiger partial charge in [0.15, 0.2) is 11.6 Å². The van der Waals surface area contributed by atoms with Gasteiger partial charge in [0, 0.05) is 29.0 Å². The maximum absolute atomic E-state index is 13.3. The average Bonchev–Trinajstić information content (AvgIpc) is 2.97. The summed E-state index contributed by atoms with van der Waals surface area (Å²) in [7, 11) is 0. The third kappa shape index (κ3) is 3.45. The fourth-order valence-corrected chi connectivity index (χ4v) is 2.71. The topological polar surface area (TPSA) is 81.9 Å². The normalized spacial score (nSPS) is 10.7. The molecule has 4 rings (SSSR count). The molecule has 134 valence electrons. The Morgan fingerprint density at radius 1 is 1.15 bits per heavy atom. The number of nitrogens with zero attached hydrogens (tertiary/aromatic N) is 4. The molecule has 0 unspecified atom stereocenters. The summed E-state index contributed by atoms with van der Waals surface area (Å²) in [5, 5.41) is 0.678. The van der Waals surface area contributed by atoms with E-state index in [1.807, 2.05) is 6.07 Å². The van der Waals surface area contributed by atoms with Crippen molar-refractivity contribution in [2.75, 3.05) is 5.43 Å². The van der Waals surface area contributed by atoms with Crippen LogP contribution in [-0.2, 0) is 0 Å². The van der Waals surface area contributed by atoms with Gasteiger partial charge in [-0.25, -0.2) is 24.6 Å². The number of pyridine rings is 1. The van der Waals surface area contributed by atoms with Crippen LogP contribution in [0.1, 0.15) is 5.69 Å². The molecule has 4 aromatic rings. The summed E-state index contributed by atoms with van der Waals surface area (Å²) in [4.78, 5) is 24.6. The second-order valence-electron chi connectivity index (χ2n) is 5.81. The summed E-state index contributed by atoms with van der Waals surface area (Å²) in [6.45, 7) is 1.80. The van der Waals surface area contributed by atoms with E-state index in [2.05, 4.69) is 20.4 Å². The predicted octanol–water partition coefficient (Wildman–Crippen LogP) is 3.68. The van der Waals surface area contributed by atoms with E-state index < -0.39 is 6.09 Å². The van der Waals surface area contributed by atoms with E-state index >= 15 is 0 Å². The number of carbonyl (C=O) groups is 1. The summed E-state index contributed by atoms with van der Waals surface area (Å²) in [5.41, 5.74) is 4.77. The zero-order chi connectivity index (χ0) is 18.8. The summed E-state index contributed by atoms with van der Waals surface area (Å²) in [5.74, 6) is 0.332. The number of ether oxygens (including phenoxy) is 1. The molecule has 0 saturated heterocycles. The molecule has 27 heavy (non-hydrogen) atoms. The lowest BCUT2D eigenvalue weighted by Crippen LogP contribution is -2.26. The Hall–Kier alpha value is -3.81. The monoisotopic (exact) mass is 363 g/mol. The minimum absolute atomic E-state index is 0.195. The Labute approximate surface area is 153 Å². The Morgan fingerprint density at radius 3 is 2.70 bits per heavy atom. The van der Waals surface area contributed by atoms with Crippen molar-refractivity contribution in [2.45, 2.75) is 6.92 Å². The average molecular weight is 363 g/mol. The van der Waals surface area contributed by atoms with E-state index in [0.29, 0.717) is 16.7 Å². The van der Waals surface area contributed by atoms with E-state index in [1.54, 1.807) is 37.5 Å². The van der Waals surface area contributed by atoms with Crippen LogP contribution in [0.15, 0.2) is 61.2 Å². The molecule has 0 radical (unpaired) electrons. The molecule has 3 aromatic heterocycles. The van der Waals surface area contributed by atoms with Crippen LogP contribution in [-0.4, -0.2) is 25.7 Å². The Balaban J connectivity index is 1.49. The zero-order valence-corrected chi connectivity index (χ0v) is 14.3. The second-order valence-corrected chi connectivity index (χ2v) is 5.81. The molecule has 0 saturated carbocycles. The van der Waals surface area contributed by atoms with Crippen LogP contribution in [0.3, 0.4) is 0 Å². The number of carbonyl (C=O) groups excluding carboxylic acids is 1. The van der Waals surface area contributed by atoms with Gasteiger partial charge < -0.3 is 4.74 Å².